The monoisotopic (exact) mass is 410 g/mol. The Kier molecular flexibility index (Phi) is 7.35. The van der Waals surface area contributed by atoms with Crippen LogP contribution in [0.15, 0.2) is 53.4 Å². The van der Waals surface area contributed by atoms with Crippen molar-refractivity contribution in [3.63, 3.8) is 0 Å². The number of carbonyl (C=O) groups excluding carboxylic acids is 2. The molecule has 0 radical (unpaired) electrons. The number of amides is 1. The van der Waals surface area contributed by atoms with Crippen LogP contribution in [0.1, 0.15) is 15.9 Å². The van der Waals surface area contributed by atoms with Gasteiger partial charge in [0, 0.05) is 11.6 Å². The molecule has 144 valence electrons. The van der Waals surface area contributed by atoms with Gasteiger partial charge in [-0.1, -0.05) is 29.8 Å². The fourth-order valence-electron chi connectivity index (χ4n) is 2.17. The molecule has 0 saturated carbocycles. The Labute approximate surface area is 162 Å². The van der Waals surface area contributed by atoms with Crippen molar-refractivity contribution in [2.45, 2.75) is 11.3 Å². The lowest BCUT2D eigenvalue weighted by molar-refractivity contribution is -0.124. The summed E-state index contributed by atoms with van der Waals surface area (Å²) in [6, 6.07) is 12.6. The Balaban J connectivity index is 1.82. The van der Waals surface area contributed by atoms with Crippen molar-refractivity contribution in [3.8, 4) is 0 Å². The van der Waals surface area contributed by atoms with Crippen LogP contribution >= 0.6 is 11.6 Å². The topological polar surface area (TPSA) is 102 Å². The Morgan fingerprint density at radius 1 is 1.11 bits per heavy atom. The molecule has 0 spiro atoms. The first kappa shape index (κ1) is 20.9. The first-order valence-corrected chi connectivity index (χ1v) is 9.90. The predicted molar refractivity (Wildman–Crippen MR) is 101 cm³/mol. The zero-order valence-corrected chi connectivity index (χ0v) is 16.1. The molecule has 1 amide bonds. The van der Waals surface area contributed by atoms with Crippen molar-refractivity contribution in [2.24, 2.45) is 0 Å². The summed E-state index contributed by atoms with van der Waals surface area (Å²) in [6.07, 6.45) is 0.612. The highest BCUT2D eigenvalue weighted by Crippen LogP contribution is 2.12. The molecule has 2 aromatic carbocycles. The molecule has 2 N–H and O–H groups in total. The van der Waals surface area contributed by atoms with Crippen molar-refractivity contribution in [3.05, 3.63) is 64.7 Å². The maximum atomic E-state index is 12.0. The summed E-state index contributed by atoms with van der Waals surface area (Å²) < 4.78 is 30.6. The van der Waals surface area contributed by atoms with Crippen LogP contribution in [0.3, 0.4) is 0 Å². The number of benzene rings is 2. The lowest BCUT2D eigenvalue weighted by Gasteiger charge is -2.08. The standard InChI is InChI=1S/C18H19ClN2O5S/c1-20-27(24,25)16-4-2-3-14(11-16)18(23)26-12-17(22)21-10-9-13-5-7-15(19)8-6-13/h2-8,11,20H,9-10,12H2,1H3,(H,21,22). The molecule has 2 aromatic rings. The van der Waals surface area contributed by atoms with Crippen molar-refractivity contribution in [1.29, 1.82) is 0 Å². The summed E-state index contributed by atoms with van der Waals surface area (Å²) >= 11 is 5.81. The van der Waals surface area contributed by atoms with E-state index in [4.69, 9.17) is 16.3 Å². The molecule has 0 heterocycles. The molecule has 0 aliphatic heterocycles. The van der Waals surface area contributed by atoms with Gasteiger partial charge in [0.2, 0.25) is 10.0 Å². The Hall–Kier alpha value is -2.42. The van der Waals surface area contributed by atoms with Gasteiger partial charge < -0.3 is 10.1 Å². The summed E-state index contributed by atoms with van der Waals surface area (Å²) in [5.74, 6) is -1.23. The minimum absolute atomic E-state index is 0.0419. The smallest absolute Gasteiger partial charge is 0.338 e. The SMILES string of the molecule is CNS(=O)(=O)c1cccc(C(=O)OCC(=O)NCCc2ccc(Cl)cc2)c1. The molecule has 0 aromatic heterocycles. The van der Waals surface area contributed by atoms with E-state index < -0.39 is 28.5 Å². The third-order valence-electron chi connectivity index (χ3n) is 3.63. The van der Waals surface area contributed by atoms with Crippen LogP contribution in [0.2, 0.25) is 5.02 Å². The van der Waals surface area contributed by atoms with Crippen molar-refractivity contribution in [1.82, 2.24) is 10.0 Å². The number of hydrogen-bond donors (Lipinski definition) is 2. The maximum Gasteiger partial charge on any atom is 0.338 e. The third kappa shape index (κ3) is 6.35. The van der Waals surface area contributed by atoms with E-state index in [1.54, 1.807) is 12.1 Å². The molecule has 2 rings (SSSR count). The number of sulfonamides is 1. The van der Waals surface area contributed by atoms with Crippen molar-refractivity contribution < 1.29 is 22.7 Å². The Morgan fingerprint density at radius 2 is 1.81 bits per heavy atom. The van der Waals surface area contributed by atoms with Gasteiger partial charge in [0.15, 0.2) is 6.61 Å². The summed E-state index contributed by atoms with van der Waals surface area (Å²) in [6.45, 7) is -0.0730. The number of carbonyl (C=O) groups is 2. The fourth-order valence-corrected chi connectivity index (χ4v) is 3.07. The number of halogens is 1. The number of nitrogens with one attached hydrogen (secondary N) is 2. The fraction of sp³-hybridized carbons (Fsp3) is 0.222. The van der Waals surface area contributed by atoms with E-state index in [1.165, 1.54) is 31.3 Å². The molecular formula is C18H19ClN2O5S. The number of rotatable bonds is 8. The number of ether oxygens (including phenoxy) is 1. The van der Waals surface area contributed by atoms with Crippen LogP contribution in [-0.2, 0) is 26.0 Å². The molecule has 0 bridgehead atoms. The molecule has 9 heteroatoms. The quantitative estimate of drug-likeness (QED) is 0.646. The molecular weight excluding hydrogens is 392 g/mol. The summed E-state index contributed by atoms with van der Waals surface area (Å²) in [5.41, 5.74) is 1.06. The largest absolute Gasteiger partial charge is 0.452 e. The first-order chi connectivity index (χ1) is 12.8. The van der Waals surface area contributed by atoms with Gasteiger partial charge in [-0.15, -0.1) is 0 Å². The molecule has 0 aliphatic rings. The van der Waals surface area contributed by atoms with Gasteiger partial charge in [-0.2, -0.15) is 0 Å². The number of esters is 1. The normalized spacial score (nSPS) is 11.0. The molecule has 0 saturated heterocycles. The molecule has 0 fully saturated rings. The molecule has 27 heavy (non-hydrogen) atoms. The van der Waals surface area contributed by atoms with Gasteiger partial charge in [0.05, 0.1) is 10.5 Å². The van der Waals surface area contributed by atoms with Crippen molar-refractivity contribution in [2.75, 3.05) is 20.2 Å². The second-order valence-electron chi connectivity index (χ2n) is 5.54. The van der Waals surface area contributed by atoms with Crippen molar-refractivity contribution >= 4 is 33.5 Å². The molecule has 0 atom stereocenters. The van der Waals surface area contributed by atoms with E-state index in [1.807, 2.05) is 12.1 Å². The summed E-state index contributed by atoms with van der Waals surface area (Å²) in [7, 11) is -2.40. The van der Waals surface area contributed by atoms with E-state index >= 15 is 0 Å². The average molecular weight is 411 g/mol. The zero-order chi connectivity index (χ0) is 19.9. The molecule has 0 aliphatic carbocycles. The van der Waals surface area contributed by atoms with Crippen LogP contribution in [0, 0.1) is 0 Å². The van der Waals surface area contributed by atoms with Gasteiger partial charge in [0.1, 0.15) is 0 Å². The lowest BCUT2D eigenvalue weighted by atomic mass is 10.1. The predicted octanol–water partition coefficient (Wildman–Crippen LogP) is 1.76. The van der Waals surface area contributed by atoms with Gasteiger partial charge in [0.25, 0.3) is 5.91 Å². The minimum Gasteiger partial charge on any atom is -0.452 e. The number of hydrogen-bond acceptors (Lipinski definition) is 5. The zero-order valence-electron chi connectivity index (χ0n) is 14.6. The van der Waals surface area contributed by atoms with Crippen LogP contribution in [0.5, 0.6) is 0 Å². The summed E-state index contributed by atoms with van der Waals surface area (Å²) in [4.78, 5) is 23.7. The second kappa shape index (κ2) is 9.50. The Bertz CT molecular complexity index is 914. The average Bonchev–Trinajstić information content (AvgIpc) is 2.67. The molecule has 7 nitrogen and oxygen atoms in total. The second-order valence-corrected chi connectivity index (χ2v) is 7.86. The van der Waals surface area contributed by atoms with E-state index in [2.05, 4.69) is 10.0 Å². The third-order valence-corrected chi connectivity index (χ3v) is 5.30. The van der Waals surface area contributed by atoms with Crippen LogP contribution < -0.4 is 10.0 Å². The van der Waals surface area contributed by atoms with E-state index in [0.717, 1.165) is 5.56 Å². The summed E-state index contributed by atoms with van der Waals surface area (Å²) in [5, 5.41) is 3.28. The van der Waals surface area contributed by atoms with Crippen LogP contribution in [0.4, 0.5) is 0 Å². The lowest BCUT2D eigenvalue weighted by Crippen LogP contribution is -2.30. The van der Waals surface area contributed by atoms with Crippen LogP contribution in [-0.4, -0.2) is 40.5 Å². The van der Waals surface area contributed by atoms with Gasteiger partial charge in [-0.25, -0.2) is 17.9 Å². The van der Waals surface area contributed by atoms with E-state index in [-0.39, 0.29) is 10.5 Å². The Morgan fingerprint density at radius 3 is 2.48 bits per heavy atom. The van der Waals surface area contributed by atoms with Crippen LogP contribution in [0.25, 0.3) is 0 Å². The molecule has 0 unspecified atom stereocenters. The highest BCUT2D eigenvalue weighted by atomic mass is 35.5. The maximum absolute atomic E-state index is 12.0. The highest BCUT2D eigenvalue weighted by Gasteiger charge is 2.15. The van der Waals surface area contributed by atoms with E-state index in [9.17, 15) is 18.0 Å². The first-order valence-electron chi connectivity index (χ1n) is 8.04. The highest BCUT2D eigenvalue weighted by molar-refractivity contribution is 7.89. The minimum atomic E-state index is -3.67. The van der Waals surface area contributed by atoms with Gasteiger partial charge in [-0.3, -0.25) is 4.79 Å². The van der Waals surface area contributed by atoms with Gasteiger partial charge in [-0.05, 0) is 49.4 Å². The van der Waals surface area contributed by atoms with Gasteiger partial charge >= 0.3 is 5.97 Å². The van der Waals surface area contributed by atoms with E-state index in [0.29, 0.717) is 18.0 Å².